The number of phenolic OH excluding ortho intramolecular Hbond substituents is 1. The van der Waals surface area contributed by atoms with Crippen molar-refractivity contribution in [3.63, 3.8) is 0 Å². The number of hydrogen-bond donors (Lipinski definition) is 3. The van der Waals surface area contributed by atoms with Gasteiger partial charge in [0.15, 0.2) is 0 Å². The number of carbonyl (C=O) groups excluding carboxylic acids is 1. The zero-order chi connectivity index (χ0) is 31.6. The molecule has 0 bridgehead atoms. The van der Waals surface area contributed by atoms with E-state index in [2.05, 4.69) is 56.3 Å². The summed E-state index contributed by atoms with van der Waals surface area (Å²) in [5.41, 5.74) is 5.48. The monoisotopic (exact) mass is 617 g/mol. The van der Waals surface area contributed by atoms with Gasteiger partial charge in [-0.1, -0.05) is 42.5 Å². The molecule has 2 aliphatic heterocycles. The zero-order valence-electron chi connectivity index (χ0n) is 26.1. The SMILES string of the molecule is CN1CCN(C2CCN(c3ccc(-c4cccc(C(=O)N[C@@H](c5cc6ccccc6[nH]5)c5cc(F)ccc5O)c4)cc3)CC2)CC1. The van der Waals surface area contributed by atoms with Gasteiger partial charge in [0, 0.05) is 73.3 Å². The van der Waals surface area contributed by atoms with Crippen LogP contribution in [0.1, 0.15) is 40.5 Å². The molecule has 0 radical (unpaired) electrons. The number of piperazine rings is 1. The average molecular weight is 618 g/mol. The normalized spacial score (nSPS) is 17.3. The van der Waals surface area contributed by atoms with Crippen molar-refractivity contribution in [1.82, 2.24) is 20.1 Å². The van der Waals surface area contributed by atoms with Crippen LogP contribution >= 0.6 is 0 Å². The lowest BCUT2D eigenvalue weighted by Gasteiger charge is -2.42. The van der Waals surface area contributed by atoms with E-state index in [1.54, 1.807) is 6.07 Å². The number of halogens is 1. The van der Waals surface area contributed by atoms with Crippen LogP contribution in [0.15, 0.2) is 97.1 Å². The van der Waals surface area contributed by atoms with E-state index < -0.39 is 11.9 Å². The minimum Gasteiger partial charge on any atom is -0.508 e. The number of aromatic amines is 1. The number of benzene rings is 4. The van der Waals surface area contributed by atoms with Crippen molar-refractivity contribution < 1.29 is 14.3 Å². The Hall–Kier alpha value is -4.66. The van der Waals surface area contributed by atoms with Gasteiger partial charge >= 0.3 is 0 Å². The highest BCUT2D eigenvalue weighted by Crippen LogP contribution is 2.33. The summed E-state index contributed by atoms with van der Waals surface area (Å²) in [6, 6.07) is 29.5. The van der Waals surface area contributed by atoms with Crippen LogP contribution in [0.5, 0.6) is 5.75 Å². The number of nitrogens with zero attached hydrogens (tertiary/aromatic N) is 3. The molecule has 0 spiro atoms. The Morgan fingerprint density at radius 3 is 2.37 bits per heavy atom. The quantitative estimate of drug-likeness (QED) is 0.197. The molecule has 2 aliphatic rings. The van der Waals surface area contributed by atoms with Crippen LogP contribution in [0.4, 0.5) is 10.1 Å². The second-order valence-corrected chi connectivity index (χ2v) is 12.6. The molecule has 0 saturated carbocycles. The summed E-state index contributed by atoms with van der Waals surface area (Å²) < 4.78 is 14.3. The first-order valence-corrected chi connectivity index (χ1v) is 16.2. The van der Waals surface area contributed by atoms with Crippen LogP contribution in [-0.4, -0.2) is 78.2 Å². The molecule has 46 heavy (non-hydrogen) atoms. The third-order valence-corrected chi connectivity index (χ3v) is 9.65. The molecule has 5 aromatic rings. The van der Waals surface area contributed by atoms with Gasteiger partial charge in [-0.25, -0.2) is 4.39 Å². The van der Waals surface area contributed by atoms with Crippen LogP contribution in [-0.2, 0) is 0 Å². The fourth-order valence-corrected chi connectivity index (χ4v) is 6.93. The summed E-state index contributed by atoms with van der Waals surface area (Å²) in [5, 5.41) is 14.7. The first-order chi connectivity index (χ1) is 22.4. The Balaban J connectivity index is 1.06. The number of anilines is 1. The third kappa shape index (κ3) is 6.36. The number of hydrogen-bond acceptors (Lipinski definition) is 5. The van der Waals surface area contributed by atoms with E-state index in [0.717, 1.165) is 48.2 Å². The second-order valence-electron chi connectivity index (χ2n) is 12.6. The number of piperidine rings is 1. The fraction of sp³-hybridized carbons (Fsp3) is 0.289. The molecule has 7 rings (SSSR count). The van der Waals surface area contributed by atoms with E-state index in [0.29, 0.717) is 17.3 Å². The Morgan fingerprint density at radius 2 is 1.61 bits per heavy atom. The van der Waals surface area contributed by atoms with E-state index in [1.807, 2.05) is 48.5 Å². The number of nitrogens with one attached hydrogen (secondary N) is 2. The van der Waals surface area contributed by atoms with E-state index in [1.165, 1.54) is 49.8 Å². The van der Waals surface area contributed by atoms with Gasteiger partial charge in [-0.2, -0.15) is 0 Å². The highest BCUT2D eigenvalue weighted by atomic mass is 19.1. The second kappa shape index (κ2) is 13.0. The molecule has 4 aromatic carbocycles. The lowest BCUT2D eigenvalue weighted by Crippen LogP contribution is -2.52. The molecular formula is C38H40FN5O2. The largest absolute Gasteiger partial charge is 0.508 e. The zero-order valence-corrected chi connectivity index (χ0v) is 26.1. The number of phenols is 1. The number of fused-ring (bicyclic) bond motifs is 1. The van der Waals surface area contributed by atoms with E-state index >= 15 is 0 Å². The van der Waals surface area contributed by atoms with Gasteiger partial charge in [0.1, 0.15) is 11.6 Å². The molecule has 1 atom stereocenters. The molecule has 3 heterocycles. The molecule has 236 valence electrons. The van der Waals surface area contributed by atoms with Gasteiger partial charge in [-0.05, 0) is 91.0 Å². The van der Waals surface area contributed by atoms with Crippen molar-refractivity contribution in [3.8, 4) is 16.9 Å². The highest BCUT2D eigenvalue weighted by molar-refractivity contribution is 5.96. The number of para-hydroxylation sites is 1. The van der Waals surface area contributed by atoms with Crippen LogP contribution in [0.2, 0.25) is 0 Å². The van der Waals surface area contributed by atoms with Crippen molar-refractivity contribution in [2.24, 2.45) is 0 Å². The topological polar surface area (TPSA) is 74.8 Å². The van der Waals surface area contributed by atoms with Crippen LogP contribution in [0.25, 0.3) is 22.0 Å². The molecule has 1 amide bonds. The molecule has 8 heteroatoms. The molecule has 7 nitrogen and oxygen atoms in total. The molecule has 2 fully saturated rings. The molecular weight excluding hydrogens is 577 g/mol. The lowest BCUT2D eigenvalue weighted by molar-refractivity contribution is 0.0942. The summed E-state index contributed by atoms with van der Waals surface area (Å²) in [5.74, 6) is -0.912. The summed E-state index contributed by atoms with van der Waals surface area (Å²) >= 11 is 0. The minimum atomic E-state index is -0.793. The standard InChI is InChI=1S/C38H40FN5O2/c1-42-19-21-44(22-20-42)32-15-17-43(18-16-32)31-12-9-26(10-13-31)27-6-4-7-29(23-27)38(46)41-37(33-25-30(39)11-14-36(33)45)35-24-28-5-2-3-8-34(28)40-35/h2-14,23-25,32,37,40,45H,15-22H2,1H3,(H,41,46)/t37-/m1/s1. The summed E-state index contributed by atoms with van der Waals surface area (Å²) in [6.07, 6.45) is 2.38. The van der Waals surface area contributed by atoms with Gasteiger partial charge in [0.05, 0.1) is 6.04 Å². The van der Waals surface area contributed by atoms with Gasteiger partial charge in [-0.3, -0.25) is 9.69 Å². The summed E-state index contributed by atoms with van der Waals surface area (Å²) in [7, 11) is 2.21. The lowest BCUT2D eigenvalue weighted by atomic mass is 9.99. The maximum Gasteiger partial charge on any atom is 0.252 e. The summed E-state index contributed by atoms with van der Waals surface area (Å²) in [4.78, 5) is 24.6. The number of aromatic nitrogens is 1. The number of rotatable bonds is 7. The van der Waals surface area contributed by atoms with Gasteiger partial charge < -0.3 is 25.2 Å². The number of carbonyl (C=O) groups is 1. The first kappa shape index (κ1) is 30.0. The van der Waals surface area contributed by atoms with Crippen molar-refractivity contribution >= 4 is 22.5 Å². The van der Waals surface area contributed by atoms with Gasteiger partial charge in [-0.15, -0.1) is 0 Å². The van der Waals surface area contributed by atoms with E-state index in [4.69, 9.17) is 0 Å². The van der Waals surface area contributed by atoms with Crippen molar-refractivity contribution in [2.45, 2.75) is 24.9 Å². The minimum absolute atomic E-state index is 0.0947. The molecule has 1 aromatic heterocycles. The number of amides is 1. The van der Waals surface area contributed by atoms with Crippen molar-refractivity contribution in [3.05, 3.63) is 120 Å². The van der Waals surface area contributed by atoms with Crippen molar-refractivity contribution in [1.29, 1.82) is 0 Å². The molecule has 0 aliphatic carbocycles. The van der Waals surface area contributed by atoms with Crippen LogP contribution < -0.4 is 10.2 Å². The Bertz CT molecular complexity index is 1790. The molecule has 0 unspecified atom stereocenters. The highest BCUT2D eigenvalue weighted by Gasteiger charge is 2.27. The molecule has 3 N–H and O–H groups in total. The maximum atomic E-state index is 14.3. The van der Waals surface area contributed by atoms with Crippen LogP contribution in [0, 0.1) is 5.82 Å². The number of aromatic hydroxyl groups is 1. The summed E-state index contributed by atoms with van der Waals surface area (Å²) in [6.45, 7) is 6.78. The maximum absolute atomic E-state index is 14.3. The Morgan fingerprint density at radius 1 is 0.848 bits per heavy atom. The van der Waals surface area contributed by atoms with Gasteiger partial charge in [0.2, 0.25) is 0 Å². The van der Waals surface area contributed by atoms with E-state index in [-0.39, 0.29) is 17.2 Å². The van der Waals surface area contributed by atoms with Gasteiger partial charge in [0.25, 0.3) is 5.91 Å². The predicted octanol–water partition coefficient (Wildman–Crippen LogP) is 6.42. The Labute approximate surface area is 269 Å². The predicted molar refractivity (Wildman–Crippen MR) is 182 cm³/mol. The van der Waals surface area contributed by atoms with E-state index in [9.17, 15) is 14.3 Å². The van der Waals surface area contributed by atoms with Crippen molar-refractivity contribution in [2.75, 3.05) is 51.2 Å². The fourth-order valence-electron chi connectivity index (χ4n) is 6.93. The molecule has 2 saturated heterocycles. The number of H-pyrrole nitrogens is 1. The average Bonchev–Trinajstić information content (AvgIpc) is 3.53. The Kier molecular flexibility index (Phi) is 8.47. The smallest absolute Gasteiger partial charge is 0.252 e. The first-order valence-electron chi connectivity index (χ1n) is 16.2. The van der Waals surface area contributed by atoms with Crippen LogP contribution in [0.3, 0.4) is 0 Å². The number of likely N-dealkylation sites (N-methyl/N-ethyl adjacent to an activating group) is 1. The third-order valence-electron chi connectivity index (χ3n) is 9.65.